The van der Waals surface area contributed by atoms with Crippen LogP contribution in [0.15, 0.2) is 42.5 Å². The lowest BCUT2D eigenvalue weighted by molar-refractivity contribution is 0.479. The highest BCUT2D eigenvalue weighted by Gasteiger charge is 2.28. The molecule has 0 aliphatic carbocycles. The van der Waals surface area contributed by atoms with E-state index in [1.54, 1.807) is 19.1 Å². The SMILES string of the molecule is Cc1cc(Oc2ccc([C@H](C)N[S+]([O-])C(C)(C)C)cc2)ccc1F. The highest BCUT2D eigenvalue weighted by Crippen LogP contribution is 2.26. The van der Waals surface area contributed by atoms with Gasteiger partial charge < -0.3 is 9.29 Å². The number of halogens is 1. The largest absolute Gasteiger partial charge is 0.598 e. The predicted octanol–water partition coefficient (Wildman–Crippen LogP) is 5.04. The molecule has 130 valence electrons. The van der Waals surface area contributed by atoms with Gasteiger partial charge in [0, 0.05) is 11.4 Å². The van der Waals surface area contributed by atoms with Crippen molar-refractivity contribution in [3.8, 4) is 11.5 Å². The van der Waals surface area contributed by atoms with Crippen LogP contribution in [0.1, 0.15) is 44.9 Å². The molecule has 2 atom stereocenters. The lowest BCUT2D eigenvalue weighted by atomic mass is 10.1. The molecular weight excluding hydrogens is 325 g/mol. The lowest BCUT2D eigenvalue weighted by Crippen LogP contribution is -2.40. The molecule has 5 heteroatoms. The van der Waals surface area contributed by atoms with Crippen molar-refractivity contribution in [2.45, 2.75) is 45.4 Å². The van der Waals surface area contributed by atoms with E-state index in [1.807, 2.05) is 52.0 Å². The summed E-state index contributed by atoms with van der Waals surface area (Å²) in [5, 5.41) is 0. The average Bonchev–Trinajstić information content (AvgIpc) is 2.50. The summed E-state index contributed by atoms with van der Waals surface area (Å²) in [5.74, 6) is 1.03. The topological polar surface area (TPSA) is 44.3 Å². The van der Waals surface area contributed by atoms with Gasteiger partial charge in [0.2, 0.25) is 0 Å². The number of hydrogen-bond donors (Lipinski definition) is 1. The molecule has 2 rings (SSSR count). The van der Waals surface area contributed by atoms with Gasteiger partial charge in [0.25, 0.3) is 0 Å². The fourth-order valence-electron chi connectivity index (χ4n) is 2.05. The number of ether oxygens (including phenoxy) is 1. The fourth-order valence-corrected chi connectivity index (χ4v) is 2.86. The lowest BCUT2D eigenvalue weighted by Gasteiger charge is -2.26. The first-order chi connectivity index (χ1) is 11.2. The summed E-state index contributed by atoms with van der Waals surface area (Å²) in [5.41, 5.74) is 1.57. The van der Waals surface area contributed by atoms with Crippen molar-refractivity contribution in [1.82, 2.24) is 4.72 Å². The Hall–Kier alpha value is -1.56. The Morgan fingerprint density at radius 1 is 1.08 bits per heavy atom. The molecular formula is C19H24FNO2S. The molecule has 1 unspecified atom stereocenters. The summed E-state index contributed by atoms with van der Waals surface area (Å²) in [6, 6.07) is 12.2. The highest BCUT2D eigenvalue weighted by atomic mass is 32.2. The van der Waals surface area contributed by atoms with Gasteiger partial charge in [-0.3, -0.25) is 0 Å². The smallest absolute Gasteiger partial charge is 0.136 e. The third kappa shape index (κ3) is 4.97. The van der Waals surface area contributed by atoms with Crippen molar-refractivity contribution < 1.29 is 13.7 Å². The van der Waals surface area contributed by atoms with Gasteiger partial charge in [0.1, 0.15) is 22.1 Å². The van der Waals surface area contributed by atoms with Crippen LogP contribution in [0.2, 0.25) is 0 Å². The van der Waals surface area contributed by atoms with Crippen molar-refractivity contribution >= 4 is 11.4 Å². The van der Waals surface area contributed by atoms with Crippen LogP contribution < -0.4 is 9.46 Å². The molecule has 0 aliphatic rings. The third-order valence-corrected chi connectivity index (χ3v) is 5.27. The summed E-state index contributed by atoms with van der Waals surface area (Å²) in [6.45, 7) is 9.48. The van der Waals surface area contributed by atoms with E-state index in [9.17, 15) is 8.94 Å². The van der Waals surface area contributed by atoms with Crippen LogP contribution in [-0.4, -0.2) is 9.30 Å². The zero-order valence-corrected chi connectivity index (χ0v) is 15.5. The average molecular weight is 349 g/mol. The Labute approximate surface area is 146 Å². The molecule has 0 aromatic heterocycles. The van der Waals surface area contributed by atoms with E-state index in [0.29, 0.717) is 17.1 Å². The van der Waals surface area contributed by atoms with Crippen molar-refractivity contribution in [3.63, 3.8) is 0 Å². The maximum atomic E-state index is 13.3. The maximum absolute atomic E-state index is 13.3. The van der Waals surface area contributed by atoms with Crippen LogP contribution in [0.5, 0.6) is 11.5 Å². The molecule has 24 heavy (non-hydrogen) atoms. The summed E-state index contributed by atoms with van der Waals surface area (Å²) >= 11 is -1.13. The second-order valence-electron chi connectivity index (χ2n) is 6.80. The first-order valence-corrected chi connectivity index (χ1v) is 9.04. The second-order valence-corrected chi connectivity index (χ2v) is 8.80. The predicted molar refractivity (Wildman–Crippen MR) is 97.1 cm³/mol. The molecule has 0 spiro atoms. The van der Waals surface area contributed by atoms with Gasteiger partial charge in [-0.1, -0.05) is 12.1 Å². The van der Waals surface area contributed by atoms with Gasteiger partial charge in [-0.2, -0.15) is 0 Å². The van der Waals surface area contributed by atoms with Crippen LogP contribution in [-0.2, 0) is 11.4 Å². The number of aryl methyl sites for hydroxylation is 1. The van der Waals surface area contributed by atoms with Crippen molar-refractivity contribution in [2.24, 2.45) is 0 Å². The van der Waals surface area contributed by atoms with E-state index in [-0.39, 0.29) is 16.6 Å². The highest BCUT2D eigenvalue weighted by molar-refractivity contribution is 7.90. The second kappa shape index (κ2) is 7.55. The molecule has 0 radical (unpaired) electrons. The van der Waals surface area contributed by atoms with Crippen LogP contribution >= 0.6 is 0 Å². The minimum Gasteiger partial charge on any atom is -0.598 e. The minimum atomic E-state index is -1.13. The zero-order valence-electron chi connectivity index (χ0n) is 14.7. The van der Waals surface area contributed by atoms with E-state index in [4.69, 9.17) is 4.74 Å². The number of rotatable bonds is 5. The molecule has 1 N–H and O–H groups in total. The number of benzene rings is 2. The van der Waals surface area contributed by atoms with Crippen LogP contribution in [0.25, 0.3) is 0 Å². The Kier molecular flexibility index (Phi) is 5.91. The molecule has 0 amide bonds. The van der Waals surface area contributed by atoms with Gasteiger partial charge in [-0.25, -0.2) is 4.39 Å². The summed E-state index contributed by atoms with van der Waals surface area (Å²) in [6.07, 6.45) is 0. The van der Waals surface area contributed by atoms with E-state index >= 15 is 0 Å². The van der Waals surface area contributed by atoms with E-state index in [2.05, 4.69) is 4.72 Å². The Morgan fingerprint density at radius 3 is 2.21 bits per heavy atom. The molecule has 0 aliphatic heterocycles. The Morgan fingerprint density at radius 2 is 1.67 bits per heavy atom. The first-order valence-electron chi connectivity index (χ1n) is 7.89. The minimum absolute atomic E-state index is 0.0350. The van der Waals surface area contributed by atoms with Gasteiger partial charge >= 0.3 is 0 Å². The van der Waals surface area contributed by atoms with Gasteiger partial charge in [0.05, 0.1) is 6.04 Å². The molecule has 0 heterocycles. The molecule has 0 saturated heterocycles. The summed E-state index contributed by atoms with van der Waals surface area (Å²) < 4.78 is 34.0. The summed E-state index contributed by atoms with van der Waals surface area (Å²) in [7, 11) is 0. The molecule has 0 fully saturated rings. The van der Waals surface area contributed by atoms with E-state index in [1.165, 1.54) is 6.07 Å². The molecule has 3 nitrogen and oxygen atoms in total. The monoisotopic (exact) mass is 349 g/mol. The van der Waals surface area contributed by atoms with Crippen LogP contribution in [0, 0.1) is 12.7 Å². The maximum Gasteiger partial charge on any atom is 0.136 e. The zero-order chi connectivity index (χ0) is 17.9. The van der Waals surface area contributed by atoms with Crippen molar-refractivity contribution in [3.05, 3.63) is 59.4 Å². The van der Waals surface area contributed by atoms with Crippen molar-refractivity contribution in [1.29, 1.82) is 0 Å². The normalized spacial score (nSPS) is 14.3. The summed E-state index contributed by atoms with van der Waals surface area (Å²) in [4.78, 5) is 0. The fraction of sp³-hybridized carbons (Fsp3) is 0.368. The molecule has 0 saturated carbocycles. The Bertz CT molecular complexity index is 683. The van der Waals surface area contributed by atoms with Crippen LogP contribution in [0.3, 0.4) is 0 Å². The molecule has 2 aromatic carbocycles. The molecule has 0 bridgehead atoms. The first kappa shape index (κ1) is 18.8. The van der Waals surface area contributed by atoms with Gasteiger partial charge in [0.15, 0.2) is 0 Å². The van der Waals surface area contributed by atoms with Gasteiger partial charge in [-0.15, -0.1) is 4.72 Å². The van der Waals surface area contributed by atoms with Gasteiger partial charge in [-0.05, 0) is 76.1 Å². The molecule has 2 aromatic rings. The Balaban J connectivity index is 2.03. The van der Waals surface area contributed by atoms with E-state index < -0.39 is 11.4 Å². The van der Waals surface area contributed by atoms with E-state index in [0.717, 1.165) is 5.56 Å². The number of nitrogens with one attached hydrogen (secondary N) is 1. The van der Waals surface area contributed by atoms with Crippen molar-refractivity contribution in [2.75, 3.05) is 0 Å². The number of hydrogen-bond acceptors (Lipinski definition) is 3. The standard InChI is InChI=1S/C19H24FNO2S/c1-13-12-17(10-11-18(13)20)23-16-8-6-15(7-9-16)14(2)21-24(22)19(3,4)5/h6-12,14,21H,1-5H3/t14-,24?/m0/s1. The quantitative estimate of drug-likeness (QED) is 0.769. The third-order valence-electron chi connectivity index (χ3n) is 3.59. The van der Waals surface area contributed by atoms with Crippen LogP contribution in [0.4, 0.5) is 4.39 Å².